The Balaban J connectivity index is 1.41. The van der Waals surface area contributed by atoms with E-state index in [1.807, 2.05) is 0 Å². The molecule has 134 valence electrons. The number of rotatable bonds is 10. The first-order valence-electron chi connectivity index (χ1n) is 9.25. The summed E-state index contributed by atoms with van der Waals surface area (Å²) in [7, 11) is 2.18. The average molecular weight is 357 g/mol. The summed E-state index contributed by atoms with van der Waals surface area (Å²) < 4.78 is 0. The van der Waals surface area contributed by atoms with Gasteiger partial charge in [0.15, 0.2) is 0 Å². The zero-order chi connectivity index (χ0) is 17.5. The molecule has 1 aromatic carbocycles. The Labute approximate surface area is 155 Å². The van der Waals surface area contributed by atoms with Crippen LogP contribution in [0.4, 0.5) is 0 Å². The van der Waals surface area contributed by atoms with Gasteiger partial charge in [0.1, 0.15) is 0 Å². The van der Waals surface area contributed by atoms with Gasteiger partial charge in [-0.1, -0.05) is 36.4 Å². The molecule has 1 amide bonds. The maximum Gasteiger partial charge on any atom is 0.220 e. The molecular weight excluding hydrogens is 328 g/mol. The molecule has 3 rings (SSSR count). The maximum absolute atomic E-state index is 12.2. The van der Waals surface area contributed by atoms with E-state index in [1.54, 1.807) is 11.3 Å². The highest BCUT2D eigenvalue weighted by Gasteiger charge is 2.33. The lowest BCUT2D eigenvalue weighted by molar-refractivity contribution is -0.121. The second kappa shape index (κ2) is 9.16. The van der Waals surface area contributed by atoms with Crippen LogP contribution < -0.4 is 5.32 Å². The number of amides is 1. The van der Waals surface area contributed by atoms with Crippen molar-refractivity contribution in [3.8, 4) is 0 Å². The molecule has 25 heavy (non-hydrogen) atoms. The van der Waals surface area contributed by atoms with Crippen LogP contribution >= 0.6 is 11.3 Å². The molecule has 4 heteroatoms. The van der Waals surface area contributed by atoms with Crippen LogP contribution in [-0.4, -0.2) is 30.4 Å². The van der Waals surface area contributed by atoms with E-state index in [2.05, 4.69) is 65.1 Å². The summed E-state index contributed by atoms with van der Waals surface area (Å²) >= 11 is 1.77. The van der Waals surface area contributed by atoms with Gasteiger partial charge in [-0.05, 0) is 55.7 Å². The molecular formula is C21H28N2OS. The van der Waals surface area contributed by atoms with Crippen molar-refractivity contribution < 1.29 is 4.79 Å². The molecule has 0 bridgehead atoms. The highest BCUT2D eigenvalue weighted by Crippen LogP contribution is 2.35. The predicted octanol–water partition coefficient (Wildman–Crippen LogP) is 4.10. The van der Waals surface area contributed by atoms with Crippen LogP contribution in [0, 0.1) is 5.92 Å². The summed E-state index contributed by atoms with van der Waals surface area (Å²) in [5, 5.41) is 5.27. The summed E-state index contributed by atoms with van der Waals surface area (Å²) in [6, 6.07) is 15.2. The third-order valence-corrected chi connectivity index (χ3v) is 5.86. The van der Waals surface area contributed by atoms with E-state index in [1.165, 1.54) is 23.3 Å². The third-order valence-electron chi connectivity index (χ3n) is 4.92. The molecule has 0 unspecified atom stereocenters. The second-order valence-electron chi connectivity index (χ2n) is 7.04. The van der Waals surface area contributed by atoms with Gasteiger partial charge in [-0.25, -0.2) is 0 Å². The maximum atomic E-state index is 12.2. The van der Waals surface area contributed by atoms with Crippen LogP contribution in [0.2, 0.25) is 0 Å². The number of benzene rings is 1. The minimum Gasteiger partial charge on any atom is -0.355 e. The lowest BCUT2D eigenvalue weighted by Gasteiger charge is -2.28. The van der Waals surface area contributed by atoms with E-state index in [0.717, 1.165) is 31.8 Å². The first-order valence-corrected chi connectivity index (χ1v) is 10.1. The van der Waals surface area contributed by atoms with Crippen LogP contribution in [0.1, 0.15) is 36.1 Å². The Morgan fingerprint density at radius 1 is 1.24 bits per heavy atom. The van der Waals surface area contributed by atoms with E-state index in [-0.39, 0.29) is 5.91 Å². The molecule has 3 nitrogen and oxygen atoms in total. The molecule has 1 aliphatic carbocycles. The minimum absolute atomic E-state index is 0.190. The molecule has 2 aromatic rings. The van der Waals surface area contributed by atoms with Gasteiger partial charge in [0.05, 0.1) is 0 Å². The number of thiophene rings is 1. The number of carbonyl (C=O) groups excluding carboxylic acids is 1. The Morgan fingerprint density at radius 3 is 2.72 bits per heavy atom. The molecule has 1 atom stereocenters. The van der Waals surface area contributed by atoms with E-state index >= 15 is 0 Å². The molecule has 0 radical (unpaired) electrons. The minimum atomic E-state index is 0.190. The number of nitrogens with zero attached hydrogens (tertiary/aromatic N) is 1. The molecule has 1 N–H and O–H groups in total. The topological polar surface area (TPSA) is 32.3 Å². The van der Waals surface area contributed by atoms with Crippen molar-refractivity contribution in [1.29, 1.82) is 0 Å². The summed E-state index contributed by atoms with van der Waals surface area (Å²) in [5.74, 6) is 0.926. The molecule has 1 heterocycles. The molecule has 0 saturated heterocycles. The third kappa shape index (κ3) is 5.98. The molecule has 1 aliphatic rings. The smallest absolute Gasteiger partial charge is 0.220 e. The Hall–Kier alpha value is -1.65. The van der Waals surface area contributed by atoms with E-state index in [4.69, 9.17) is 0 Å². The predicted molar refractivity (Wildman–Crippen MR) is 105 cm³/mol. The summed E-state index contributed by atoms with van der Waals surface area (Å²) in [4.78, 5) is 15.9. The van der Waals surface area contributed by atoms with E-state index in [0.29, 0.717) is 12.5 Å². The van der Waals surface area contributed by atoms with Crippen molar-refractivity contribution in [2.75, 3.05) is 13.6 Å². The van der Waals surface area contributed by atoms with Crippen LogP contribution in [0.25, 0.3) is 0 Å². The summed E-state index contributed by atoms with van der Waals surface area (Å²) in [6.45, 7) is 1.71. The quantitative estimate of drug-likeness (QED) is 0.695. The Morgan fingerprint density at radius 2 is 2.04 bits per heavy atom. The number of nitrogens with one attached hydrogen (secondary N) is 1. The van der Waals surface area contributed by atoms with Gasteiger partial charge < -0.3 is 5.32 Å². The summed E-state index contributed by atoms with van der Waals surface area (Å²) in [6.07, 6.45) is 5.14. The van der Waals surface area contributed by atoms with Gasteiger partial charge in [0.2, 0.25) is 5.91 Å². The van der Waals surface area contributed by atoms with Crippen molar-refractivity contribution in [2.45, 2.75) is 44.7 Å². The Kier molecular flexibility index (Phi) is 6.65. The van der Waals surface area contributed by atoms with Gasteiger partial charge in [-0.3, -0.25) is 9.69 Å². The number of hydrogen-bond acceptors (Lipinski definition) is 3. The van der Waals surface area contributed by atoms with Gasteiger partial charge in [0, 0.05) is 30.4 Å². The normalized spacial score (nSPS) is 15.3. The van der Waals surface area contributed by atoms with Crippen LogP contribution in [0.3, 0.4) is 0 Å². The lowest BCUT2D eigenvalue weighted by atomic mass is 10.1. The first-order chi connectivity index (χ1) is 12.2. The molecule has 1 saturated carbocycles. The fourth-order valence-electron chi connectivity index (χ4n) is 3.34. The molecule has 0 spiro atoms. The van der Waals surface area contributed by atoms with Gasteiger partial charge in [0.25, 0.3) is 0 Å². The largest absolute Gasteiger partial charge is 0.355 e. The van der Waals surface area contributed by atoms with Gasteiger partial charge in [-0.15, -0.1) is 11.3 Å². The fourth-order valence-corrected chi connectivity index (χ4v) is 4.09. The highest BCUT2D eigenvalue weighted by molar-refractivity contribution is 7.09. The van der Waals surface area contributed by atoms with Crippen molar-refractivity contribution in [2.24, 2.45) is 5.92 Å². The van der Waals surface area contributed by atoms with E-state index in [9.17, 15) is 4.79 Å². The number of carbonyl (C=O) groups is 1. The van der Waals surface area contributed by atoms with Crippen LogP contribution in [0.5, 0.6) is 0 Å². The second-order valence-corrected chi connectivity index (χ2v) is 8.07. The monoisotopic (exact) mass is 356 g/mol. The lowest BCUT2D eigenvalue weighted by Crippen LogP contribution is -2.43. The van der Waals surface area contributed by atoms with Crippen molar-refractivity contribution >= 4 is 17.2 Å². The molecule has 1 fully saturated rings. The zero-order valence-corrected chi connectivity index (χ0v) is 15.8. The van der Waals surface area contributed by atoms with Gasteiger partial charge >= 0.3 is 0 Å². The average Bonchev–Trinajstić information content (AvgIpc) is 3.31. The van der Waals surface area contributed by atoms with E-state index < -0.39 is 0 Å². The molecule has 0 aliphatic heterocycles. The van der Waals surface area contributed by atoms with Crippen molar-refractivity contribution in [3.05, 3.63) is 58.3 Å². The number of hydrogen-bond donors (Lipinski definition) is 1. The molecule has 1 aromatic heterocycles. The fraction of sp³-hybridized carbons (Fsp3) is 0.476. The van der Waals surface area contributed by atoms with Gasteiger partial charge in [-0.2, -0.15) is 0 Å². The first kappa shape index (κ1) is 18.2. The number of aryl methyl sites for hydroxylation is 1. The SMILES string of the molecule is CN(Cc1ccccc1)[C@@H](CNC(=O)CCCc1cccs1)C1CC1. The summed E-state index contributed by atoms with van der Waals surface area (Å²) in [5.41, 5.74) is 1.33. The Bertz CT molecular complexity index is 637. The standard InChI is InChI=1S/C21H28N2OS/c1-23(16-17-7-3-2-4-8-17)20(18-12-13-18)15-22-21(24)11-5-9-19-10-6-14-25-19/h2-4,6-8,10,14,18,20H,5,9,11-13,15-16H2,1H3,(H,22,24)/t20-/m0/s1. The van der Waals surface area contributed by atoms with Crippen molar-refractivity contribution in [1.82, 2.24) is 10.2 Å². The number of likely N-dealkylation sites (N-methyl/N-ethyl adjacent to an activating group) is 1. The van der Waals surface area contributed by atoms with Crippen molar-refractivity contribution in [3.63, 3.8) is 0 Å². The van der Waals surface area contributed by atoms with Crippen LogP contribution in [0.15, 0.2) is 47.8 Å². The highest BCUT2D eigenvalue weighted by atomic mass is 32.1. The zero-order valence-electron chi connectivity index (χ0n) is 15.0. The van der Waals surface area contributed by atoms with Crippen LogP contribution in [-0.2, 0) is 17.8 Å².